The first kappa shape index (κ1) is 14.6. The van der Waals surface area contributed by atoms with Crippen LogP contribution in [0.1, 0.15) is 23.7 Å². The van der Waals surface area contributed by atoms with Crippen molar-refractivity contribution in [2.75, 3.05) is 31.1 Å². The monoisotopic (exact) mass is 296 g/mol. The van der Waals surface area contributed by atoms with Gasteiger partial charge in [0.1, 0.15) is 5.82 Å². The van der Waals surface area contributed by atoms with Crippen LogP contribution in [0, 0.1) is 0 Å². The van der Waals surface area contributed by atoms with Gasteiger partial charge in [-0.25, -0.2) is 4.98 Å². The normalized spacial score (nSPS) is 15.3. The molecule has 6 nitrogen and oxygen atoms in total. The Kier molecular flexibility index (Phi) is 4.44. The van der Waals surface area contributed by atoms with Crippen molar-refractivity contribution in [3.63, 3.8) is 0 Å². The van der Waals surface area contributed by atoms with Crippen molar-refractivity contribution >= 4 is 29.2 Å². The number of anilines is 1. The highest BCUT2D eigenvalue weighted by Crippen LogP contribution is 2.25. The number of pyridine rings is 1. The zero-order valence-corrected chi connectivity index (χ0v) is 12.1. The van der Waals surface area contributed by atoms with Gasteiger partial charge in [0.2, 0.25) is 11.8 Å². The lowest BCUT2D eigenvalue weighted by Gasteiger charge is -2.35. The second-order valence-corrected chi connectivity index (χ2v) is 5.02. The van der Waals surface area contributed by atoms with Crippen LogP contribution in [0.15, 0.2) is 12.3 Å². The number of nitrogens with two attached hydrogens (primary N) is 1. The highest BCUT2D eigenvalue weighted by Gasteiger charge is 2.22. The summed E-state index contributed by atoms with van der Waals surface area (Å²) < 4.78 is 0. The van der Waals surface area contributed by atoms with E-state index in [1.54, 1.807) is 0 Å². The maximum absolute atomic E-state index is 11.6. The third-order valence-corrected chi connectivity index (χ3v) is 3.62. The number of halogens is 1. The van der Waals surface area contributed by atoms with Crippen molar-refractivity contribution in [1.82, 2.24) is 9.88 Å². The number of primary amides is 1. The van der Waals surface area contributed by atoms with Crippen LogP contribution in [0.2, 0.25) is 5.02 Å². The van der Waals surface area contributed by atoms with Gasteiger partial charge in [0.05, 0.1) is 10.6 Å². The molecule has 0 radical (unpaired) electrons. The van der Waals surface area contributed by atoms with Gasteiger partial charge in [-0.2, -0.15) is 0 Å². The Hall–Kier alpha value is -1.82. The molecule has 1 aromatic heterocycles. The van der Waals surface area contributed by atoms with Gasteiger partial charge in [-0.05, 0) is 6.07 Å². The average Bonchev–Trinajstić information content (AvgIpc) is 2.46. The largest absolute Gasteiger partial charge is 0.366 e. The maximum atomic E-state index is 11.6. The predicted octanol–water partition coefficient (Wildman–Crippen LogP) is 0.892. The third-order valence-electron chi connectivity index (χ3n) is 3.34. The number of nitrogens with zero attached hydrogens (tertiary/aromatic N) is 3. The van der Waals surface area contributed by atoms with Crippen molar-refractivity contribution in [3.05, 3.63) is 22.8 Å². The van der Waals surface area contributed by atoms with Crippen LogP contribution < -0.4 is 10.6 Å². The fourth-order valence-electron chi connectivity index (χ4n) is 2.19. The number of piperazine rings is 1. The number of rotatable bonds is 3. The van der Waals surface area contributed by atoms with E-state index < -0.39 is 5.91 Å². The molecule has 0 atom stereocenters. The highest BCUT2D eigenvalue weighted by atomic mass is 35.5. The van der Waals surface area contributed by atoms with Gasteiger partial charge in [0.15, 0.2) is 0 Å². The van der Waals surface area contributed by atoms with Crippen LogP contribution in [0.25, 0.3) is 0 Å². The van der Waals surface area contributed by atoms with Crippen molar-refractivity contribution < 1.29 is 9.59 Å². The maximum Gasteiger partial charge on any atom is 0.250 e. The molecule has 20 heavy (non-hydrogen) atoms. The molecule has 0 unspecified atom stereocenters. The van der Waals surface area contributed by atoms with Gasteiger partial charge in [-0.1, -0.05) is 18.5 Å². The summed E-state index contributed by atoms with van der Waals surface area (Å²) in [5.41, 5.74) is 5.47. The zero-order valence-electron chi connectivity index (χ0n) is 11.3. The Morgan fingerprint density at radius 1 is 1.35 bits per heavy atom. The summed E-state index contributed by atoms with van der Waals surface area (Å²) in [6.07, 6.45) is 1.94. The van der Waals surface area contributed by atoms with Crippen molar-refractivity contribution in [3.8, 4) is 0 Å². The average molecular weight is 297 g/mol. The lowest BCUT2D eigenvalue weighted by molar-refractivity contribution is -0.131. The summed E-state index contributed by atoms with van der Waals surface area (Å²) in [5.74, 6) is 0.234. The number of carbonyl (C=O) groups is 2. The molecular weight excluding hydrogens is 280 g/mol. The van der Waals surface area contributed by atoms with Gasteiger partial charge in [0, 0.05) is 38.8 Å². The molecule has 1 aromatic rings. The van der Waals surface area contributed by atoms with Crippen LogP contribution in [-0.4, -0.2) is 47.9 Å². The molecule has 0 bridgehead atoms. The van der Waals surface area contributed by atoms with Crippen molar-refractivity contribution in [2.45, 2.75) is 13.3 Å². The first-order valence-corrected chi connectivity index (χ1v) is 6.88. The molecule has 108 valence electrons. The Morgan fingerprint density at radius 3 is 2.50 bits per heavy atom. The minimum atomic E-state index is -0.552. The van der Waals surface area contributed by atoms with Gasteiger partial charge < -0.3 is 15.5 Å². The van der Waals surface area contributed by atoms with E-state index in [0.29, 0.717) is 49.0 Å². The van der Waals surface area contributed by atoms with E-state index in [4.69, 9.17) is 17.3 Å². The summed E-state index contributed by atoms with van der Waals surface area (Å²) in [5, 5.41) is 0.400. The number of hydrogen-bond acceptors (Lipinski definition) is 4. The minimum Gasteiger partial charge on any atom is -0.366 e. The fourth-order valence-corrected chi connectivity index (χ4v) is 2.48. The number of aromatic nitrogens is 1. The Morgan fingerprint density at radius 2 is 2.00 bits per heavy atom. The fraction of sp³-hybridized carbons (Fsp3) is 0.462. The second-order valence-electron chi connectivity index (χ2n) is 4.62. The Labute approximate surface area is 122 Å². The summed E-state index contributed by atoms with van der Waals surface area (Å²) >= 11 is 6.14. The van der Waals surface area contributed by atoms with Crippen LogP contribution in [0.4, 0.5) is 5.82 Å². The molecule has 1 saturated heterocycles. The van der Waals surface area contributed by atoms with E-state index in [1.807, 2.05) is 16.7 Å². The van der Waals surface area contributed by atoms with Crippen molar-refractivity contribution in [1.29, 1.82) is 0 Å². The summed E-state index contributed by atoms with van der Waals surface area (Å²) in [6, 6.07) is 1.52. The second kappa shape index (κ2) is 6.09. The van der Waals surface area contributed by atoms with Crippen molar-refractivity contribution in [2.24, 2.45) is 5.73 Å². The first-order chi connectivity index (χ1) is 9.52. The summed E-state index contributed by atoms with van der Waals surface area (Å²) in [7, 11) is 0. The van der Waals surface area contributed by atoms with Gasteiger partial charge in [-0.15, -0.1) is 0 Å². The van der Waals surface area contributed by atoms with E-state index in [2.05, 4.69) is 4.98 Å². The van der Waals surface area contributed by atoms with Gasteiger partial charge in [0.25, 0.3) is 0 Å². The Bertz CT molecular complexity index is 527. The van der Waals surface area contributed by atoms with Gasteiger partial charge in [-0.3, -0.25) is 9.59 Å². The van der Waals surface area contributed by atoms with E-state index in [-0.39, 0.29) is 5.91 Å². The smallest absolute Gasteiger partial charge is 0.250 e. The molecule has 2 rings (SSSR count). The molecule has 2 heterocycles. The van der Waals surface area contributed by atoms with Crippen LogP contribution in [0.3, 0.4) is 0 Å². The molecule has 0 saturated carbocycles. The molecule has 7 heteroatoms. The molecule has 1 aliphatic rings. The van der Waals surface area contributed by atoms with Crippen LogP contribution in [0.5, 0.6) is 0 Å². The summed E-state index contributed by atoms with van der Waals surface area (Å²) in [6.45, 7) is 4.52. The molecule has 1 aliphatic heterocycles. The van der Waals surface area contributed by atoms with E-state index in [0.717, 1.165) is 0 Å². The number of hydrogen-bond donors (Lipinski definition) is 1. The third kappa shape index (κ3) is 3.01. The van der Waals surface area contributed by atoms with E-state index in [9.17, 15) is 9.59 Å². The molecule has 0 spiro atoms. The van der Waals surface area contributed by atoms with Crippen LogP contribution >= 0.6 is 11.6 Å². The minimum absolute atomic E-state index is 0.160. The predicted molar refractivity (Wildman–Crippen MR) is 76.8 cm³/mol. The quantitative estimate of drug-likeness (QED) is 0.898. The highest BCUT2D eigenvalue weighted by molar-refractivity contribution is 6.33. The molecule has 2 amide bonds. The molecule has 1 fully saturated rings. The lowest BCUT2D eigenvalue weighted by atomic mass is 10.2. The SMILES string of the molecule is CCC(=O)N1CCN(c2ncc(C(N)=O)cc2Cl)CC1. The standard InChI is InChI=1S/C13H17ClN4O2/c1-2-11(19)17-3-5-18(6-4-17)13-10(14)7-9(8-16-13)12(15)20/h7-8H,2-6H2,1H3,(H2,15,20). The van der Waals surface area contributed by atoms with Gasteiger partial charge >= 0.3 is 0 Å². The lowest BCUT2D eigenvalue weighted by Crippen LogP contribution is -2.49. The molecule has 0 aliphatic carbocycles. The van der Waals surface area contributed by atoms with Crippen LogP contribution in [-0.2, 0) is 4.79 Å². The molecule has 2 N–H and O–H groups in total. The molecule has 0 aromatic carbocycles. The topological polar surface area (TPSA) is 79.5 Å². The first-order valence-electron chi connectivity index (χ1n) is 6.51. The number of amides is 2. The summed E-state index contributed by atoms with van der Waals surface area (Å²) in [4.78, 5) is 30.7. The zero-order chi connectivity index (χ0) is 14.7. The Balaban J connectivity index is 2.07. The molecular formula is C13H17ClN4O2. The number of carbonyl (C=O) groups excluding carboxylic acids is 2. The van der Waals surface area contributed by atoms with E-state index in [1.165, 1.54) is 12.3 Å². The van der Waals surface area contributed by atoms with E-state index >= 15 is 0 Å².